The first-order valence-electron chi connectivity index (χ1n) is 6.05. The van der Waals surface area contributed by atoms with Crippen LogP contribution in [0.3, 0.4) is 0 Å². The molecule has 1 aromatic heterocycles. The molecule has 1 aromatic rings. The van der Waals surface area contributed by atoms with Crippen molar-refractivity contribution in [1.82, 2.24) is 10.3 Å². The zero-order valence-corrected chi connectivity index (χ0v) is 11.5. The van der Waals surface area contributed by atoms with Crippen molar-refractivity contribution in [2.75, 3.05) is 12.0 Å². The quantitative estimate of drug-likeness (QED) is 0.562. The van der Waals surface area contributed by atoms with Gasteiger partial charge in [0.2, 0.25) is 0 Å². The fourth-order valence-electron chi connectivity index (χ4n) is 1.51. The number of carbonyl (C=O) groups excluding carboxylic acids is 1. The average Bonchev–Trinajstić information content (AvgIpc) is 2.26. The molecule has 5 nitrogen and oxygen atoms in total. The average molecular weight is 250 g/mol. The highest BCUT2D eigenvalue weighted by Gasteiger charge is 2.14. The number of carbonyl (C=O) groups is 1. The lowest BCUT2D eigenvalue weighted by atomic mass is 9.92. The summed E-state index contributed by atoms with van der Waals surface area (Å²) in [6.45, 7) is 8.90. The zero-order chi connectivity index (χ0) is 13.8. The monoisotopic (exact) mass is 250 g/mol. The van der Waals surface area contributed by atoms with Crippen LogP contribution in [-0.4, -0.2) is 17.4 Å². The van der Waals surface area contributed by atoms with Crippen LogP contribution < -0.4 is 16.6 Å². The van der Waals surface area contributed by atoms with Crippen molar-refractivity contribution in [2.24, 2.45) is 11.3 Å². The van der Waals surface area contributed by atoms with Crippen molar-refractivity contribution in [2.45, 2.75) is 34.1 Å². The molecule has 0 saturated carbocycles. The normalized spacial score (nSPS) is 11.2. The first-order chi connectivity index (χ1) is 8.33. The molecule has 0 bridgehead atoms. The molecule has 0 spiro atoms. The maximum absolute atomic E-state index is 12.0. The number of hydrogen-bond donors (Lipinski definition) is 3. The highest BCUT2D eigenvalue weighted by molar-refractivity contribution is 5.99. The number of hydrogen-bond acceptors (Lipinski definition) is 4. The Labute approximate surface area is 108 Å². The van der Waals surface area contributed by atoms with E-state index < -0.39 is 0 Å². The first-order valence-corrected chi connectivity index (χ1v) is 6.05. The van der Waals surface area contributed by atoms with E-state index in [2.05, 4.69) is 36.5 Å². The molecular weight excluding hydrogens is 228 g/mol. The van der Waals surface area contributed by atoms with E-state index in [-0.39, 0.29) is 11.3 Å². The summed E-state index contributed by atoms with van der Waals surface area (Å²) in [7, 11) is 0. The molecule has 0 fully saturated rings. The van der Waals surface area contributed by atoms with Gasteiger partial charge in [-0.1, -0.05) is 20.8 Å². The molecule has 0 aromatic carbocycles. The standard InChI is InChI=1S/C13H22N4O/c1-9-7-11(17-14)10(8-16-9)12(18)15-6-5-13(2,3)4/h7-8H,5-6,14H2,1-4H3,(H,15,18)(H,16,17). The molecule has 4 N–H and O–H groups in total. The smallest absolute Gasteiger partial charge is 0.255 e. The van der Waals surface area contributed by atoms with Crippen molar-refractivity contribution in [3.05, 3.63) is 23.5 Å². The number of rotatable bonds is 4. The zero-order valence-electron chi connectivity index (χ0n) is 11.5. The minimum absolute atomic E-state index is 0.153. The molecule has 1 heterocycles. The van der Waals surface area contributed by atoms with Crippen molar-refractivity contribution in [3.8, 4) is 0 Å². The Morgan fingerprint density at radius 1 is 1.44 bits per heavy atom. The van der Waals surface area contributed by atoms with Gasteiger partial charge in [-0.15, -0.1) is 0 Å². The van der Waals surface area contributed by atoms with Crippen molar-refractivity contribution in [3.63, 3.8) is 0 Å². The van der Waals surface area contributed by atoms with Gasteiger partial charge in [0.1, 0.15) is 0 Å². The van der Waals surface area contributed by atoms with Gasteiger partial charge in [-0.05, 0) is 24.8 Å². The van der Waals surface area contributed by atoms with Gasteiger partial charge >= 0.3 is 0 Å². The number of anilines is 1. The van der Waals surface area contributed by atoms with Gasteiger partial charge in [-0.3, -0.25) is 15.6 Å². The van der Waals surface area contributed by atoms with Gasteiger partial charge in [-0.25, -0.2) is 0 Å². The minimum Gasteiger partial charge on any atom is -0.352 e. The first kappa shape index (κ1) is 14.4. The molecule has 0 aliphatic rings. The van der Waals surface area contributed by atoms with Crippen LogP contribution >= 0.6 is 0 Å². The number of nitrogens with two attached hydrogens (primary N) is 1. The number of amides is 1. The number of hydrazine groups is 1. The van der Waals surface area contributed by atoms with E-state index in [1.54, 1.807) is 6.07 Å². The Bertz CT molecular complexity index is 423. The van der Waals surface area contributed by atoms with E-state index in [0.29, 0.717) is 17.8 Å². The van der Waals surface area contributed by atoms with Crippen LogP contribution in [0.5, 0.6) is 0 Å². The number of pyridine rings is 1. The summed E-state index contributed by atoms with van der Waals surface area (Å²) in [6.07, 6.45) is 2.46. The van der Waals surface area contributed by atoms with Crippen molar-refractivity contribution < 1.29 is 4.79 Å². The molecule has 0 aliphatic carbocycles. The molecule has 0 saturated heterocycles. The third kappa shape index (κ3) is 4.33. The topological polar surface area (TPSA) is 80.0 Å². The predicted molar refractivity (Wildman–Crippen MR) is 73.2 cm³/mol. The maximum atomic E-state index is 12.0. The summed E-state index contributed by atoms with van der Waals surface area (Å²) in [6, 6.07) is 1.75. The number of nitrogens with zero attached hydrogens (tertiary/aromatic N) is 1. The second-order valence-corrected chi connectivity index (χ2v) is 5.58. The molecule has 0 unspecified atom stereocenters. The Morgan fingerprint density at radius 2 is 2.11 bits per heavy atom. The lowest BCUT2D eigenvalue weighted by Gasteiger charge is -2.18. The van der Waals surface area contributed by atoms with Crippen LogP contribution in [0, 0.1) is 12.3 Å². The summed E-state index contributed by atoms with van der Waals surface area (Å²) in [5.74, 6) is 5.24. The third-order valence-electron chi connectivity index (χ3n) is 2.60. The molecule has 0 aliphatic heterocycles. The molecule has 1 amide bonds. The molecule has 0 radical (unpaired) electrons. The number of aryl methyl sites for hydroxylation is 1. The third-order valence-corrected chi connectivity index (χ3v) is 2.60. The van der Waals surface area contributed by atoms with E-state index in [9.17, 15) is 4.79 Å². The van der Waals surface area contributed by atoms with Crippen molar-refractivity contribution >= 4 is 11.6 Å². The molecule has 0 atom stereocenters. The Balaban J connectivity index is 2.67. The van der Waals surface area contributed by atoms with Gasteiger partial charge in [0.15, 0.2) is 0 Å². The van der Waals surface area contributed by atoms with Crippen LogP contribution in [0.4, 0.5) is 5.69 Å². The molecule has 1 rings (SSSR count). The summed E-state index contributed by atoms with van der Waals surface area (Å²) in [4.78, 5) is 16.1. The molecule has 5 heteroatoms. The second-order valence-electron chi connectivity index (χ2n) is 5.58. The van der Waals surface area contributed by atoms with E-state index in [1.165, 1.54) is 6.20 Å². The minimum atomic E-state index is -0.153. The highest BCUT2D eigenvalue weighted by atomic mass is 16.1. The SMILES string of the molecule is Cc1cc(NN)c(C(=O)NCCC(C)(C)C)cn1. The van der Waals surface area contributed by atoms with Crippen LogP contribution in [0.1, 0.15) is 43.2 Å². The number of nitrogen functional groups attached to an aromatic ring is 1. The van der Waals surface area contributed by atoms with Crippen LogP contribution in [0.25, 0.3) is 0 Å². The van der Waals surface area contributed by atoms with E-state index in [4.69, 9.17) is 5.84 Å². The highest BCUT2D eigenvalue weighted by Crippen LogP contribution is 2.18. The fourth-order valence-corrected chi connectivity index (χ4v) is 1.51. The van der Waals surface area contributed by atoms with Crippen LogP contribution in [-0.2, 0) is 0 Å². The van der Waals surface area contributed by atoms with Gasteiger partial charge < -0.3 is 10.7 Å². The van der Waals surface area contributed by atoms with E-state index >= 15 is 0 Å². The molecule has 100 valence electrons. The fraction of sp³-hybridized carbons (Fsp3) is 0.538. The number of nitrogens with one attached hydrogen (secondary N) is 2. The van der Waals surface area contributed by atoms with Crippen LogP contribution in [0.15, 0.2) is 12.3 Å². The molecular formula is C13H22N4O. The van der Waals surface area contributed by atoms with E-state index in [1.807, 2.05) is 6.92 Å². The van der Waals surface area contributed by atoms with E-state index in [0.717, 1.165) is 12.1 Å². The van der Waals surface area contributed by atoms with Gasteiger partial charge in [0, 0.05) is 18.4 Å². The molecule has 18 heavy (non-hydrogen) atoms. The summed E-state index contributed by atoms with van der Waals surface area (Å²) in [5, 5.41) is 2.88. The Kier molecular flexibility index (Phi) is 4.67. The van der Waals surface area contributed by atoms with Gasteiger partial charge in [0.05, 0.1) is 11.3 Å². The van der Waals surface area contributed by atoms with Crippen LogP contribution in [0.2, 0.25) is 0 Å². The predicted octanol–water partition coefficient (Wildman–Crippen LogP) is 1.84. The van der Waals surface area contributed by atoms with Crippen molar-refractivity contribution in [1.29, 1.82) is 0 Å². The summed E-state index contributed by atoms with van der Waals surface area (Å²) >= 11 is 0. The maximum Gasteiger partial charge on any atom is 0.255 e. The lowest BCUT2D eigenvalue weighted by molar-refractivity contribution is 0.0950. The Hall–Kier alpha value is -1.62. The van der Waals surface area contributed by atoms with Gasteiger partial charge in [0.25, 0.3) is 5.91 Å². The second kappa shape index (κ2) is 5.82. The summed E-state index contributed by atoms with van der Waals surface area (Å²) in [5.41, 5.74) is 4.60. The van der Waals surface area contributed by atoms with Gasteiger partial charge in [-0.2, -0.15) is 0 Å². The largest absolute Gasteiger partial charge is 0.352 e. The summed E-state index contributed by atoms with van der Waals surface area (Å²) < 4.78 is 0. The number of aromatic nitrogens is 1. The Morgan fingerprint density at radius 3 is 2.67 bits per heavy atom. The lowest BCUT2D eigenvalue weighted by Crippen LogP contribution is -2.28.